The number of guanidine groups is 1. The average molecular weight is 344 g/mol. The first-order valence-electron chi connectivity index (χ1n) is 7.42. The van der Waals surface area contributed by atoms with Crippen molar-refractivity contribution in [3.05, 3.63) is 11.1 Å². The van der Waals surface area contributed by atoms with Crippen LogP contribution < -0.4 is 10.6 Å². The predicted molar refractivity (Wildman–Crippen MR) is 87.1 cm³/mol. The van der Waals surface area contributed by atoms with Crippen LogP contribution in [0.15, 0.2) is 16.1 Å². The molecule has 128 valence electrons. The molecule has 0 bridgehead atoms. The maximum atomic E-state index is 12.2. The number of urea groups is 1. The standard InChI is InChI=1S/C14H22ClN5O3/c1-9(15)5-7-20-10-11(19(2)14(22)18-12(10)21)17-13(20)16-6-4-8-23-3/h5,10-11H,4,6-8H2,1-3H3,(H,16,17)(H,18,21,22)/b9-5-. The van der Waals surface area contributed by atoms with E-state index in [9.17, 15) is 9.59 Å². The van der Waals surface area contributed by atoms with Crippen LogP contribution in [0.5, 0.6) is 0 Å². The van der Waals surface area contributed by atoms with E-state index in [0.717, 1.165) is 6.42 Å². The summed E-state index contributed by atoms with van der Waals surface area (Å²) in [5, 5.41) is 6.15. The minimum atomic E-state index is -0.536. The van der Waals surface area contributed by atoms with Gasteiger partial charge in [0, 0.05) is 38.9 Å². The minimum Gasteiger partial charge on any atom is -0.385 e. The SMILES string of the molecule is COCCCN=C1NC2C(C(=O)NC(=O)N2C)N1C/C=C(/C)Cl. The molecule has 0 aromatic carbocycles. The Balaban J connectivity index is 2.21. The number of halogens is 1. The number of hydrogen-bond acceptors (Lipinski definition) is 4. The van der Waals surface area contributed by atoms with Gasteiger partial charge in [-0.1, -0.05) is 17.7 Å². The van der Waals surface area contributed by atoms with Gasteiger partial charge in [-0.15, -0.1) is 0 Å². The largest absolute Gasteiger partial charge is 0.385 e. The fraction of sp³-hybridized carbons (Fsp3) is 0.643. The summed E-state index contributed by atoms with van der Waals surface area (Å²) in [6.07, 6.45) is 2.14. The lowest BCUT2D eigenvalue weighted by atomic mass is 10.1. The van der Waals surface area contributed by atoms with Gasteiger partial charge in [-0.3, -0.25) is 15.1 Å². The van der Waals surface area contributed by atoms with Gasteiger partial charge < -0.3 is 19.9 Å². The number of likely N-dealkylation sites (N-methyl/N-ethyl adjacent to an activating group) is 1. The molecule has 0 aromatic rings. The van der Waals surface area contributed by atoms with Crippen LogP contribution in [-0.4, -0.2) is 73.8 Å². The van der Waals surface area contributed by atoms with Crippen LogP contribution in [0.1, 0.15) is 13.3 Å². The number of imide groups is 1. The second kappa shape index (κ2) is 7.65. The molecule has 2 rings (SSSR count). The first-order chi connectivity index (χ1) is 11.0. The van der Waals surface area contributed by atoms with E-state index in [4.69, 9.17) is 16.3 Å². The molecule has 3 amide bonds. The molecule has 23 heavy (non-hydrogen) atoms. The van der Waals surface area contributed by atoms with E-state index in [1.165, 1.54) is 4.90 Å². The molecule has 0 aromatic heterocycles. The summed E-state index contributed by atoms with van der Waals surface area (Å²) in [7, 11) is 3.28. The van der Waals surface area contributed by atoms with Crippen molar-refractivity contribution in [2.45, 2.75) is 25.6 Å². The molecule has 2 unspecified atom stereocenters. The van der Waals surface area contributed by atoms with Crippen molar-refractivity contribution >= 4 is 29.5 Å². The number of nitrogens with one attached hydrogen (secondary N) is 2. The molecule has 2 aliphatic rings. The maximum Gasteiger partial charge on any atom is 0.325 e. The monoisotopic (exact) mass is 343 g/mol. The van der Waals surface area contributed by atoms with E-state index in [-0.39, 0.29) is 5.91 Å². The summed E-state index contributed by atoms with van der Waals surface area (Å²) < 4.78 is 5.01. The van der Waals surface area contributed by atoms with Crippen LogP contribution >= 0.6 is 11.6 Å². The molecule has 9 heteroatoms. The molecule has 2 atom stereocenters. The summed E-state index contributed by atoms with van der Waals surface area (Å²) in [6, 6.07) is -0.959. The number of hydrogen-bond donors (Lipinski definition) is 2. The van der Waals surface area contributed by atoms with Gasteiger partial charge in [-0.05, 0) is 13.3 Å². The Kier molecular flexibility index (Phi) is 5.84. The zero-order valence-electron chi connectivity index (χ0n) is 13.5. The third kappa shape index (κ3) is 3.94. The molecule has 0 spiro atoms. The van der Waals surface area contributed by atoms with Gasteiger partial charge in [0.2, 0.25) is 0 Å². The lowest BCUT2D eigenvalue weighted by Gasteiger charge is -2.35. The number of fused-ring (bicyclic) bond motifs is 1. The highest BCUT2D eigenvalue weighted by atomic mass is 35.5. The van der Waals surface area contributed by atoms with Gasteiger partial charge in [-0.25, -0.2) is 4.79 Å². The molecule has 2 N–H and O–H groups in total. The quantitative estimate of drug-likeness (QED) is 0.678. The molecule has 2 fully saturated rings. The number of rotatable bonds is 6. The Hall–Kier alpha value is -1.80. The van der Waals surface area contributed by atoms with Crippen molar-refractivity contribution in [3.63, 3.8) is 0 Å². The minimum absolute atomic E-state index is 0.340. The van der Waals surface area contributed by atoms with Gasteiger partial charge in [-0.2, -0.15) is 0 Å². The molecule has 0 aliphatic carbocycles. The molecule has 2 aliphatic heterocycles. The number of methoxy groups -OCH3 is 1. The van der Waals surface area contributed by atoms with Crippen molar-refractivity contribution in [1.29, 1.82) is 0 Å². The zero-order chi connectivity index (χ0) is 17.0. The van der Waals surface area contributed by atoms with E-state index in [0.29, 0.717) is 30.7 Å². The average Bonchev–Trinajstić information content (AvgIpc) is 2.86. The summed E-state index contributed by atoms with van der Waals surface area (Å²) in [6.45, 7) is 3.38. The molecule has 8 nitrogen and oxygen atoms in total. The number of ether oxygens (including phenoxy) is 1. The highest BCUT2D eigenvalue weighted by Crippen LogP contribution is 2.20. The van der Waals surface area contributed by atoms with Crippen LogP contribution in [0.25, 0.3) is 0 Å². The Morgan fingerprint density at radius 1 is 1.48 bits per heavy atom. The van der Waals surface area contributed by atoms with Gasteiger partial charge in [0.15, 0.2) is 12.0 Å². The lowest BCUT2D eigenvalue weighted by Crippen LogP contribution is -2.64. The first kappa shape index (κ1) is 17.6. The third-order valence-corrected chi connectivity index (χ3v) is 3.91. The Morgan fingerprint density at radius 2 is 2.22 bits per heavy atom. The smallest absolute Gasteiger partial charge is 0.325 e. The normalized spacial score (nSPS) is 26.4. The van der Waals surface area contributed by atoms with Crippen molar-refractivity contribution in [2.75, 3.05) is 33.9 Å². The van der Waals surface area contributed by atoms with E-state index < -0.39 is 18.2 Å². The van der Waals surface area contributed by atoms with Crippen LogP contribution in [0.4, 0.5) is 4.79 Å². The molecule has 0 radical (unpaired) electrons. The van der Waals surface area contributed by atoms with Gasteiger partial charge in [0.05, 0.1) is 0 Å². The number of allylic oxidation sites excluding steroid dienone is 1. The van der Waals surface area contributed by atoms with Gasteiger partial charge in [0.25, 0.3) is 5.91 Å². The van der Waals surface area contributed by atoms with Gasteiger partial charge in [0.1, 0.15) is 6.17 Å². The van der Waals surface area contributed by atoms with Crippen molar-refractivity contribution in [1.82, 2.24) is 20.4 Å². The summed E-state index contributed by atoms with van der Waals surface area (Å²) in [4.78, 5) is 31.8. The van der Waals surface area contributed by atoms with E-state index >= 15 is 0 Å². The fourth-order valence-corrected chi connectivity index (χ4v) is 2.61. The molecular formula is C14H22ClN5O3. The van der Waals surface area contributed by atoms with E-state index in [1.54, 1.807) is 27.2 Å². The molecular weight excluding hydrogens is 322 g/mol. The molecule has 0 saturated carbocycles. The molecule has 2 saturated heterocycles. The van der Waals surface area contributed by atoms with Crippen LogP contribution in [0.2, 0.25) is 0 Å². The Bertz CT molecular complexity index is 533. The Labute approximate surface area is 140 Å². The van der Waals surface area contributed by atoms with Crippen LogP contribution in [0, 0.1) is 0 Å². The summed E-state index contributed by atoms with van der Waals surface area (Å²) in [5.41, 5.74) is 0. The van der Waals surface area contributed by atoms with Crippen molar-refractivity contribution < 1.29 is 14.3 Å². The second-order valence-electron chi connectivity index (χ2n) is 5.43. The fourth-order valence-electron chi connectivity index (χ4n) is 2.54. The number of amides is 3. The topological polar surface area (TPSA) is 86.3 Å². The Morgan fingerprint density at radius 3 is 2.87 bits per heavy atom. The van der Waals surface area contributed by atoms with Crippen LogP contribution in [0.3, 0.4) is 0 Å². The number of aliphatic imine (C=N–C) groups is 1. The van der Waals surface area contributed by atoms with Gasteiger partial charge >= 0.3 is 6.03 Å². The zero-order valence-corrected chi connectivity index (χ0v) is 14.3. The highest BCUT2D eigenvalue weighted by molar-refractivity contribution is 6.29. The third-order valence-electron chi connectivity index (χ3n) is 3.76. The number of carbonyl (C=O) groups is 2. The number of carbonyl (C=O) groups excluding carboxylic acids is 2. The lowest BCUT2D eigenvalue weighted by molar-refractivity contribution is -0.126. The van der Waals surface area contributed by atoms with Crippen LogP contribution in [-0.2, 0) is 9.53 Å². The summed E-state index contributed by atoms with van der Waals surface area (Å²) in [5.74, 6) is 0.246. The summed E-state index contributed by atoms with van der Waals surface area (Å²) >= 11 is 5.91. The van der Waals surface area contributed by atoms with Crippen molar-refractivity contribution in [3.8, 4) is 0 Å². The second-order valence-corrected chi connectivity index (χ2v) is 6.03. The van der Waals surface area contributed by atoms with E-state index in [1.807, 2.05) is 4.90 Å². The van der Waals surface area contributed by atoms with E-state index in [2.05, 4.69) is 15.6 Å². The first-order valence-corrected chi connectivity index (χ1v) is 7.80. The predicted octanol–water partition coefficient (Wildman–Crippen LogP) is 0.303. The molecule has 2 heterocycles. The van der Waals surface area contributed by atoms with Crippen molar-refractivity contribution in [2.24, 2.45) is 4.99 Å². The highest BCUT2D eigenvalue weighted by Gasteiger charge is 2.49. The number of nitrogens with zero attached hydrogens (tertiary/aromatic N) is 3. The maximum absolute atomic E-state index is 12.2.